The van der Waals surface area contributed by atoms with E-state index in [1.807, 2.05) is 0 Å². The van der Waals surface area contributed by atoms with E-state index >= 15 is 0 Å². The Balaban J connectivity index is 2.05. The lowest BCUT2D eigenvalue weighted by Gasteiger charge is -2.21. The van der Waals surface area contributed by atoms with Crippen molar-refractivity contribution in [3.8, 4) is 5.75 Å². The van der Waals surface area contributed by atoms with Gasteiger partial charge in [-0.2, -0.15) is 0 Å². The van der Waals surface area contributed by atoms with Gasteiger partial charge >= 0.3 is 5.97 Å². The largest absolute Gasteiger partial charge is 0.492 e. The average molecular weight is 499 g/mol. The van der Waals surface area contributed by atoms with Crippen LogP contribution in [0.25, 0.3) is 0 Å². The highest BCUT2D eigenvalue weighted by atomic mass is 79.9. The van der Waals surface area contributed by atoms with Crippen molar-refractivity contribution in [3.63, 3.8) is 0 Å². The van der Waals surface area contributed by atoms with E-state index < -0.39 is 10.0 Å². The first kappa shape index (κ1) is 24.0. The first-order valence-electron chi connectivity index (χ1n) is 9.68. The maximum Gasteiger partial charge on any atom is 0.305 e. The van der Waals surface area contributed by atoms with E-state index in [0.717, 1.165) is 10.9 Å². The fourth-order valence-electron chi connectivity index (χ4n) is 2.75. The lowest BCUT2D eigenvalue weighted by atomic mass is 10.2. The summed E-state index contributed by atoms with van der Waals surface area (Å²) < 4.78 is 39.1. The number of sulfonamides is 1. The molecule has 30 heavy (non-hydrogen) atoms. The fraction of sp³-hybridized carbons (Fsp3) is 0.381. The molecular formula is C21H27BrN2O5S. The smallest absolute Gasteiger partial charge is 0.305 e. The number of anilines is 2. The Bertz CT molecular complexity index is 948. The Labute approximate surface area is 186 Å². The Morgan fingerprint density at radius 3 is 2.47 bits per heavy atom. The molecule has 0 radical (unpaired) electrons. The quantitative estimate of drug-likeness (QED) is 0.280. The van der Waals surface area contributed by atoms with Crippen molar-refractivity contribution in [2.45, 2.75) is 37.5 Å². The monoisotopic (exact) mass is 498 g/mol. The SMILES string of the molecule is CCOC(=O)CCCCCOc1ccc(N)cc1S(=O)(=O)N(C)c1ccc(Br)cc1. The number of rotatable bonds is 11. The number of nitrogens with zero attached hydrogens (tertiary/aromatic N) is 1. The van der Waals surface area contributed by atoms with Crippen LogP contribution >= 0.6 is 15.9 Å². The summed E-state index contributed by atoms with van der Waals surface area (Å²) in [6.07, 6.45) is 2.52. The van der Waals surface area contributed by atoms with Gasteiger partial charge in [0.25, 0.3) is 10.0 Å². The van der Waals surface area contributed by atoms with Gasteiger partial charge in [-0.3, -0.25) is 9.10 Å². The van der Waals surface area contributed by atoms with Crippen molar-refractivity contribution in [2.24, 2.45) is 0 Å². The van der Waals surface area contributed by atoms with Gasteiger partial charge in [-0.15, -0.1) is 0 Å². The van der Waals surface area contributed by atoms with Crippen LogP contribution in [0.4, 0.5) is 11.4 Å². The van der Waals surface area contributed by atoms with Crippen LogP contribution in [-0.2, 0) is 19.6 Å². The molecule has 0 aromatic heterocycles. The molecular weight excluding hydrogens is 472 g/mol. The summed E-state index contributed by atoms with van der Waals surface area (Å²) in [5.41, 5.74) is 6.69. The highest BCUT2D eigenvalue weighted by Gasteiger charge is 2.26. The van der Waals surface area contributed by atoms with E-state index in [9.17, 15) is 13.2 Å². The molecule has 0 bridgehead atoms. The summed E-state index contributed by atoms with van der Waals surface area (Å²) in [4.78, 5) is 11.4. The van der Waals surface area contributed by atoms with Crippen molar-refractivity contribution in [1.82, 2.24) is 0 Å². The van der Waals surface area contributed by atoms with E-state index in [4.69, 9.17) is 15.2 Å². The molecule has 164 valence electrons. The summed E-state index contributed by atoms with van der Waals surface area (Å²) in [7, 11) is -2.38. The first-order chi connectivity index (χ1) is 14.3. The van der Waals surface area contributed by atoms with Gasteiger partial charge in [-0.1, -0.05) is 15.9 Å². The molecule has 9 heteroatoms. The molecule has 0 amide bonds. The number of unbranched alkanes of at least 4 members (excludes halogenated alkanes) is 2. The van der Waals surface area contributed by atoms with Crippen LogP contribution in [0, 0.1) is 0 Å². The topological polar surface area (TPSA) is 98.9 Å². The molecule has 2 rings (SSSR count). The summed E-state index contributed by atoms with van der Waals surface area (Å²) in [6.45, 7) is 2.49. The first-order valence-corrected chi connectivity index (χ1v) is 11.9. The maximum absolute atomic E-state index is 13.2. The molecule has 0 fully saturated rings. The lowest BCUT2D eigenvalue weighted by Crippen LogP contribution is -2.27. The minimum absolute atomic E-state index is 0.0134. The number of carbonyl (C=O) groups is 1. The number of hydrogen-bond donors (Lipinski definition) is 1. The van der Waals surface area contributed by atoms with E-state index in [1.165, 1.54) is 17.4 Å². The Morgan fingerprint density at radius 1 is 1.10 bits per heavy atom. The summed E-state index contributed by atoms with van der Waals surface area (Å²) in [5, 5.41) is 0. The number of benzene rings is 2. The molecule has 0 spiro atoms. The van der Waals surface area contributed by atoms with Gasteiger partial charge in [-0.25, -0.2) is 8.42 Å². The van der Waals surface area contributed by atoms with Crippen molar-refractivity contribution >= 4 is 43.3 Å². The van der Waals surface area contributed by atoms with Crippen LogP contribution in [0.1, 0.15) is 32.6 Å². The van der Waals surface area contributed by atoms with Gasteiger partial charge in [0.1, 0.15) is 10.6 Å². The Hall–Kier alpha value is -2.26. The zero-order valence-electron chi connectivity index (χ0n) is 17.1. The summed E-state index contributed by atoms with van der Waals surface area (Å²) in [5.74, 6) is 0.0415. The van der Waals surface area contributed by atoms with Crippen molar-refractivity contribution in [3.05, 3.63) is 46.9 Å². The molecule has 0 heterocycles. The van der Waals surface area contributed by atoms with Crippen molar-refractivity contribution < 1.29 is 22.7 Å². The van der Waals surface area contributed by atoms with Gasteiger partial charge in [0, 0.05) is 23.6 Å². The highest BCUT2D eigenvalue weighted by Crippen LogP contribution is 2.31. The van der Waals surface area contributed by atoms with Crippen LogP contribution < -0.4 is 14.8 Å². The molecule has 0 unspecified atom stereocenters. The van der Waals surface area contributed by atoms with Crippen LogP contribution in [0.15, 0.2) is 51.8 Å². The van der Waals surface area contributed by atoms with Crippen LogP contribution in [0.3, 0.4) is 0 Å². The van der Waals surface area contributed by atoms with Crippen molar-refractivity contribution in [2.75, 3.05) is 30.3 Å². The second-order valence-electron chi connectivity index (χ2n) is 6.62. The molecule has 7 nitrogen and oxygen atoms in total. The van der Waals surface area contributed by atoms with Crippen LogP contribution in [-0.4, -0.2) is 34.6 Å². The predicted octanol–water partition coefficient (Wildman–Crippen LogP) is 4.36. The number of hydrogen-bond acceptors (Lipinski definition) is 6. The number of esters is 1. The normalized spacial score (nSPS) is 11.2. The van der Waals surface area contributed by atoms with Gasteiger partial charge < -0.3 is 15.2 Å². The zero-order chi connectivity index (χ0) is 22.1. The van der Waals surface area contributed by atoms with Gasteiger partial charge in [0.15, 0.2) is 0 Å². The van der Waals surface area contributed by atoms with Gasteiger partial charge in [0.05, 0.1) is 18.9 Å². The standard InChI is InChI=1S/C21H27BrN2O5S/c1-3-28-21(25)7-5-4-6-14-29-19-13-10-17(23)15-20(19)30(26,27)24(2)18-11-8-16(22)9-12-18/h8-13,15H,3-7,14,23H2,1-2H3. The van der Waals surface area contributed by atoms with Crippen LogP contribution in [0.2, 0.25) is 0 Å². The van der Waals surface area contributed by atoms with E-state index in [1.54, 1.807) is 43.3 Å². The highest BCUT2D eigenvalue weighted by molar-refractivity contribution is 9.10. The predicted molar refractivity (Wildman–Crippen MR) is 121 cm³/mol. The third kappa shape index (κ3) is 6.63. The molecule has 0 aliphatic heterocycles. The number of nitrogens with two attached hydrogens (primary N) is 1. The van der Waals surface area contributed by atoms with Gasteiger partial charge in [-0.05, 0) is 68.7 Å². The van der Waals surface area contributed by atoms with E-state index in [-0.39, 0.29) is 16.6 Å². The Morgan fingerprint density at radius 2 is 1.80 bits per heavy atom. The lowest BCUT2D eigenvalue weighted by molar-refractivity contribution is -0.143. The fourth-order valence-corrected chi connectivity index (χ4v) is 4.37. The number of halogens is 1. The third-order valence-corrected chi connectivity index (χ3v) is 6.72. The van der Waals surface area contributed by atoms with Gasteiger partial charge in [0.2, 0.25) is 0 Å². The second-order valence-corrected chi connectivity index (χ2v) is 9.47. The van der Waals surface area contributed by atoms with E-state index in [2.05, 4.69) is 15.9 Å². The third-order valence-electron chi connectivity index (χ3n) is 4.38. The minimum atomic E-state index is -3.87. The summed E-state index contributed by atoms with van der Waals surface area (Å²) >= 11 is 3.34. The molecule has 0 saturated carbocycles. The number of nitrogen functional groups attached to an aromatic ring is 1. The van der Waals surface area contributed by atoms with E-state index in [0.29, 0.717) is 43.9 Å². The number of ether oxygens (including phenoxy) is 2. The molecule has 0 aliphatic carbocycles. The van der Waals surface area contributed by atoms with Crippen LogP contribution in [0.5, 0.6) is 5.75 Å². The minimum Gasteiger partial charge on any atom is -0.492 e. The second kappa shape index (κ2) is 11.2. The molecule has 0 aliphatic rings. The Kier molecular flexibility index (Phi) is 8.98. The zero-order valence-corrected chi connectivity index (χ0v) is 19.5. The molecule has 2 aromatic carbocycles. The maximum atomic E-state index is 13.2. The molecule has 0 saturated heterocycles. The summed E-state index contributed by atoms with van der Waals surface area (Å²) in [6, 6.07) is 11.5. The van der Waals surface area contributed by atoms with Crippen molar-refractivity contribution in [1.29, 1.82) is 0 Å². The molecule has 0 atom stereocenters. The average Bonchev–Trinajstić information content (AvgIpc) is 2.71. The molecule has 2 N–H and O–H groups in total. The number of carbonyl (C=O) groups excluding carboxylic acids is 1. The molecule has 2 aromatic rings.